The summed E-state index contributed by atoms with van der Waals surface area (Å²) in [6, 6.07) is 12.3. The highest BCUT2D eigenvalue weighted by Gasteiger charge is 2.15. The van der Waals surface area contributed by atoms with Crippen molar-refractivity contribution in [3.8, 4) is 23.1 Å². The summed E-state index contributed by atoms with van der Waals surface area (Å²) in [6.07, 6.45) is 2.98. The van der Waals surface area contributed by atoms with Gasteiger partial charge in [-0.1, -0.05) is 12.1 Å². The first-order valence-electron chi connectivity index (χ1n) is 7.60. The molecule has 1 amide bonds. The summed E-state index contributed by atoms with van der Waals surface area (Å²) < 4.78 is 24.5. The monoisotopic (exact) mass is 350 g/mol. The molecule has 128 valence electrons. The van der Waals surface area contributed by atoms with E-state index in [9.17, 15) is 9.18 Å². The summed E-state index contributed by atoms with van der Waals surface area (Å²) in [5.41, 5.74) is 0.478. The Kier molecular flexibility index (Phi) is 3.98. The van der Waals surface area contributed by atoms with Crippen molar-refractivity contribution in [2.24, 2.45) is 0 Å². The predicted octanol–water partition coefficient (Wildman–Crippen LogP) is 3.78. The molecule has 0 spiro atoms. The lowest BCUT2D eigenvalue weighted by Gasteiger charge is -2.06. The standard InChI is InChI=1S/C18H11FN4O3/c19-13-5-2-1-4-12(13)16(24)21-15-10-11(7-8-20-15)17-22-23-18(26-17)14-6-3-9-25-14/h1-10H,(H,20,21,24). The number of aromatic nitrogens is 3. The molecule has 0 saturated heterocycles. The van der Waals surface area contributed by atoms with Gasteiger partial charge in [-0.2, -0.15) is 0 Å². The van der Waals surface area contributed by atoms with Crippen molar-refractivity contribution in [1.29, 1.82) is 0 Å². The van der Waals surface area contributed by atoms with E-state index < -0.39 is 11.7 Å². The number of halogens is 1. The van der Waals surface area contributed by atoms with E-state index in [0.717, 1.165) is 0 Å². The van der Waals surface area contributed by atoms with Crippen LogP contribution in [0.5, 0.6) is 0 Å². The van der Waals surface area contributed by atoms with Gasteiger partial charge in [0.25, 0.3) is 11.8 Å². The van der Waals surface area contributed by atoms with Gasteiger partial charge in [0.15, 0.2) is 5.76 Å². The first-order chi connectivity index (χ1) is 12.7. The summed E-state index contributed by atoms with van der Waals surface area (Å²) in [4.78, 5) is 16.2. The summed E-state index contributed by atoms with van der Waals surface area (Å²) in [7, 11) is 0. The number of hydrogen-bond acceptors (Lipinski definition) is 6. The largest absolute Gasteiger partial charge is 0.459 e. The number of carbonyl (C=O) groups is 1. The molecular weight excluding hydrogens is 339 g/mol. The molecule has 1 aromatic carbocycles. The molecule has 0 aliphatic rings. The van der Waals surface area contributed by atoms with Gasteiger partial charge in [0.05, 0.1) is 11.8 Å². The van der Waals surface area contributed by atoms with Gasteiger partial charge in [-0.25, -0.2) is 9.37 Å². The molecule has 0 aliphatic heterocycles. The average Bonchev–Trinajstić information content (AvgIpc) is 3.34. The third-order valence-electron chi connectivity index (χ3n) is 3.52. The van der Waals surface area contributed by atoms with Crippen LogP contribution in [0, 0.1) is 5.82 Å². The lowest BCUT2D eigenvalue weighted by atomic mass is 10.2. The quantitative estimate of drug-likeness (QED) is 0.602. The average molecular weight is 350 g/mol. The highest BCUT2D eigenvalue weighted by molar-refractivity contribution is 6.04. The maximum atomic E-state index is 13.7. The molecule has 3 heterocycles. The molecule has 0 unspecified atom stereocenters. The molecule has 7 nitrogen and oxygen atoms in total. The zero-order valence-electron chi connectivity index (χ0n) is 13.2. The fourth-order valence-electron chi connectivity index (χ4n) is 2.30. The van der Waals surface area contributed by atoms with E-state index in [1.54, 1.807) is 30.3 Å². The number of nitrogens with one attached hydrogen (secondary N) is 1. The highest BCUT2D eigenvalue weighted by atomic mass is 19.1. The summed E-state index contributed by atoms with van der Waals surface area (Å²) in [5.74, 6) is -0.0611. The summed E-state index contributed by atoms with van der Waals surface area (Å²) >= 11 is 0. The minimum atomic E-state index is -0.610. The smallest absolute Gasteiger partial charge is 0.283 e. The van der Waals surface area contributed by atoms with Crippen molar-refractivity contribution >= 4 is 11.7 Å². The van der Waals surface area contributed by atoms with Crippen molar-refractivity contribution in [2.45, 2.75) is 0 Å². The van der Waals surface area contributed by atoms with Crippen LogP contribution in [0.4, 0.5) is 10.2 Å². The van der Waals surface area contributed by atoms with E-state index in [1.165, 1.54) is 30.7 Å². The van der Waals surface area contributed by atoms with Crippen molar-refractivity contribution < 1.29 is 18.0 Å². The Labute approximate surface area is 146 Å². The van der Waals surface area contributed by atoms with E-state index >= 15 is 0 Å². The molecule has 0 fully saturated rings. The first kappa shape index (κ1) is 15.7. The third-order valence-corrected chi connectivity index (χ3v) is 3.52. The Morgan fingerprint density at radius 3 is 2.69 bits per heavy atom. The van der Waals surface area contributed by atoms with Gasteiger partial charge in [-0.05, 0) is 36.4 Å². The van der Waals surface area contributed by atoms with Crippen LogP contribution in [0.3, 0.4) is 0 Å². The van der Waals surface area contributed by atoms with Gasteiger partial charge in [-0.15, -0.1) is 10.2 Å². The normalized spacial score (nSPS) is 10.7. The molecule has 1 N–H and O–H groups in total. The van der Waals surface area contributed by atoms with E-state index in [1.807, 2.05) is 0 Å². The summed E-state index contributed by atoms with van der Waals surface area (Å²) in [5, 5.41) is 10.4. The second-order valence-electron chi connectivity index (χ2n) is 5.25. The van der Waals surface area contributed by atoms with Crippen molar-refractivity contribution in [2.75, 3.05) is 5.32 Å². The van der Waals surface area contributed by atoms with Crippen molar-refractivity contribution in [3.63, 3.8) is 0 Å². The number of nitrogens with zero attached hydrogens (tertiary/aromatic N) is 3. The van der Waals surface area contributed by atoms with Crippen LogP contribution in [0.25, 0.3) is 23.1 Å². The van der Waals surface area contributed by atoms with Crippen LogP contribution in [0.2, 0.25) is 0 Å². The van der Waals surface area contributed by atoms with Crippen LogP contribution in [0.1, 0.15) is 10.4 Å². The minimum absolute atomic E-state index is 0.0717. The van der Waals surface area contributed by atoms with Gasteiger partial charge in [-0.3, -0.25) is 4.79 Å². The minimum Gasteiger partial charge on any atom is -0.459 e. The Morgan fingerprint density at radius 2 is 1.88 bits per heavy atom. The molecule has 4 rings (SSSR count). The molecule has 0 aliphatic carbocycles. The topological polar surface area (TPSA) is 94.1 Å². The summed E-state index contributed by atoms with van der Waals surface area (Å²) in [6.45, 7) is 0. The van der Waals surface area contributed by atoms with Gasteiger partial charge in [0, 0.05) is 11.8 Å². The number of anilines is 1. The number of amides is 1. The first-order valence-corrected chi connectivity index (χ1v) is 7.60. The fraction of sp³-hybridized carbons (Fsp3) is 0. The van der Waals surface area contributed by atoms with Crippen LogP contribution < -0.4 is 5.32 Å². The van der Waals surface area contributed by atoms with Gasteiger partial charge < -0.3 is 14.2 Å². The van der Waals surface area contributed by atoms with Gasteiger partial charge >= 0.3 is 0 Å². The second-order valence-corrected chi connectivity index (χ2v) is 5.25. The number of benzene rings is 1. The Hall–Kier alpha value is -3.81. The predicted molar refractivity (Wildman–Crippen MR) is 89.6 cm³/mol. The Morgan fingerprint density at radius 1 is 1.04 bits per heavy atom. The molecule has 0 saturated carbocycles. The van der Waals surface area contributed by atoms with Crippen LogP contribution in [-0.4, -0.2) is 21.1 Å². The van der Waals surface area contributed by atoms with Crippen LogP contribution in [-0.2, 0) is 0 Å². The van der Waals surface area contributed by atoms with E-state index in [2.05, 4.69) is 20.5 Å². The van der Waals surface area contributed by atoms with E-state index in [-0.39, 0.29) is 23.2 Å². The third kappa shape index (κ3) is 3.07. The molecular formula is C18H11FN4O3. The molecule has 0 atom stereocenters. The number of furan rings is 1. The number of rotatable bonds is 4. The molecule has 3 aromatic heterocycles. The lowest BCUT2D eigenvalue weighted by Crippen LogP contribution is -2.14. The van der Waals surface area contributed by atoms with Crippen LogP contribution >= 0.6 is 0 Å². The van der Waals surface area contributed by atoms with Gasteiger partial charge in [0.1, 0.15) is 11.6 Å². The Bertz CT molecular complexity index is 1060. The number of hydrogen-bond donors (Lipinski definition) is 1. The van der Waals surface area contributed by atoms with Crippen molar-refractivity contribution in [3.05, 3.63) is 72.4 Å². The second kappa shape index (κ2) is 6.60. The lowest BCUT2D eigenvalue weighted by molar-refractivity contribution is 0.102. The Balaban J connectivity index is 1.57. The SMILES string of the molecule is O=C(Nc1cc(-c2nnc(-c3ccco3)o2)ccn1)c1ccccc1F. The number of carbonyl (C=O) groups excluding carboxylic acids is 1. The zero-order valence-corrected chi connectivity index (χ0v) is 13.2. The van der Waals surface area contributed by atoms with Gasteiger partial charge in [0.2, 0.25) is 5.89 Å². The van der Waals surface area contributed by atoms with E-state index in [4.69, 9.17) is 8.83 Å². The molecule has 4 aromatic rings. The van der Waals surface area contributed by atoms with Crippen LogP contribution in [0.15, 0.2) is 69.8 Å². The zero-order chi connectivity index (χ0) is 17.9. The van der Waals surface area contributed by atoms with Crippen molar-refractivity contribution in [1.82, 2.24) is 15.2 Å². The maximum absolute atomic E-state index is 13.7. The molecule has 26 heavy (non-hydrogen) atoms. The molecule has 0 bridgehead atoms. The van der Waals surface area contributed by atoms with E-state index in [0.29, 0.717) is 11.3 Å². The molecule has 8 heteroatoms. The fourth-order valence-corrected chi connectivity index (χ4v) is 2.30. The molecule has 0 radical (unpaired) electrons. The highest BCUT2D eigenvalue weighted by Crippen LogP contribution is 2.25. The maximum Gasteiger partial charge on any atom is 0.283 e. The number of pyridine rings is 1.